The topological polar surface area (TPSA) is 237 Å². The van der Waals surface area contributed by atoms with Gasteiger partial charge in [0.2, 0.25) is 0 Å². The van der Waals surface area contributed by atoms with E-state index in [9.17, 15) is 43.2 Å². The Morgan fingerprint density at radius 1 is 0.293 bits per heavy atom. The minimum absolute atomic E-state index is 0.103. The maximum Gasteiger partial charge on any atom is 0.472 e. The largest absolute Gasteiger partial charge is 0.472 e. The standard InChI is InChI=1S/C80H156O17P2/c1-7-10-12-14-16-18-20-21-22-23-24-25-26-27-30-34-37-41-45-52-58-64-79(84)96-75(68-90-78(83)63-57-51-44-40-36-33-31-28-29-32-35-38-42-48-54-60-72(4)5)70-94-98(86,87)92-66-74(81)67-93-99(88,89)95-71-76(97-80(85)65-59-53-47-46-49-55-61-73(6)9-3)69-91-77(82)62-56-50-43-39-19-17-15-13-11-8-2/h72-76,81H,7-71H2,1-6H3,(H,86,87)(H,88,89)/t73?,74-,75-,76-/m1/s1. The Morgan fingerprint density at radius 2 is 0.515 bits per heavy atom. The van der Waals surface area contributed by atoms with Gasteiger partial charge in [0.25, 0.3) is 0 Å². The average molecular weight is 1450 g/mol. The lowest BCUT2D eigenvalue weighted by Crippen LogP contribution is -2.30. The number of rotatable bonds is 79. The Kier molecular flexibility index (Phi) is 70.3. The minimum Gasteiger partial charge on any atom is -0.462 e. The molecule has 0 aromatic heterocycles. The van der Waals surface area contributed by atoms with Crippen molar-refractivity contribution in [3.05, 3.63) is 0 Å². The molecule has 0 spiro atoms. The fraction of sp³-hybridized carbons (Fsp3) is 0.950. The summed E-state index contributed by atoms with van der Waals surface area (Å²) in [5.41, 5.74) is 0. The van der Waals surface area contributed by atoms with Crippen LogP contribution in [0.25, 0.3) is 0 Å². The van der Waals surface area contributed by atoms with Gasteiger partial charge in [0, 0.05) is 25.7 Å². The van der Waals surface area contributed by atoms with Gasteiger partial charge in [-0.25, -0.2) is 9.13 Å². The van der Waals surface area contributed by atoms with E-state index >= 15 is 0 Å². The van der Waals surface area contributed by atoms with Gasteiger partial charge in [-0.2, -0.15) is 0 Å². The number of carbonyl (C=O) groups excluding carboxylic acids is 4. The highest BCUT2D eigenvalue weighted by Crippen LogP contribution is 2.45. The zero-order valence-electron chi connectivity index (χ0n) is 64.8. The van der Waals surface area contributed by atoms with Gasteiger partial charge in [0.05, 0.1) is 26.4 Å². The van der Waals surface area contributed by atoms with E-state index in [0.29, 0.717) is 25.7 Å². The van der Waals surface area contributed by atoms with Crippen molar-refractivity contribution in [2.24, 2.45) is 11.8 Å². The number of phosphoric acid groups is 2. The maximum absolute atomic E-state index is 13.1. The first-order chi connectivity index (χ1) is 47.9. The Bertz CT molecular complexity index is 1910. The minimum atomic E-state index is -4.96. The van der Waals surface area contributed by atoms with Crippen molar-refractivity contribution in [1.82, 2.24) is 0 Å². The summed E-state index contributed by atoms with van der Waals surface area (Å²) in [6.45, 7) is 9.59. The number of hydrogen-bond acceptors (Lipinski definition) is 15. The summed E-state index contributed by atoms with van der Waals surface area (Å²) in [6, 6.07) is 0. The zero-order chi connectivity index (χ0) is 72.8. The van der Waals surface area contributed by atoms with Crippen LogP contribution < -0.4 is 0 Å². The number of ether oxygens (including phenoxy) is 4. The third kappa shape index (κ3) is 72.8. The SMILES string of the molecule is CCCCCCCCCCCCCCCCCCCCCCCC(=O)O[C@H](COC(=O)CCCCCCCCCCCCCCCCCC(C)C)COP(=O)(O)OC[C@@H](O)COP(=O)(O)OC[C@@H](COC(=O)CCCCCCCCCCCC)OC(=O)CCCCCCCCC(C)CC. The van der Waals surface area contributed by atoms with Crippen molar-refractivity contribution in [2.45, 2.75) is 439 Å². The van der Waals surface area contributed by atoms with E-state index in [1.54, 1.807) is 0 Å². The van der Waals surface area contributed by atoms with E-state index in [1.807, 2.05) is 0 Å². The summed E-state index contributed by atoms with van der Waals surface area (Å²) >= 11 is 0. The highest BCUT2D eigenvalue weighted by atomic mass is 31.2. The Labute approximate surface area is 607 Å². The molecule has 0 aliphatic carbocycles. The first kappa shape index (κ1) is 97.1. The van der Waals surface area contributed by atoms with Crippen molar-refractivity contribution in [3.63, 3.8) is 0 Å². The van der Waals surface area contributed by atoms with Gasteiger partial charge in [-0.1, -0.05) is 369 Å². The molecule has 3 unspecified atom stereocenters. The summed E-state index contributed by atoms with van der Waals surface area (Å²) < 4.78 is 68.6. The highest BCUT2D eigenvalue weighted by molar-refractivity contribution is 7.47. The molecule has 0 aliphatic heterocycles. The van der Waals surface area contributed by atoms with E-state index in [4.69, 9.17) is 37.0 Å². The maximum atomic E-state index is 13.1. The summed E-state index contributed by atoms with van der Waals surface area (Å²) in [4.78, 5) is 72.9. The molecule has 0 fully saturated rings. The van der Waals surface area contributed by atoms with Crippen molar-refractivity contribution < 1.29 is 80.2 Å². The molecular formula is C80H156O17P2. The molecule has 0 heterocycles. The van der Waals surface area contributed by atoms with Gasteiger partial charge in [0.15, 0.2) is 12.2 Å². The van der Waals surface area contributed by atoms with E-state index in [1.165, 1.54) is 238 Å². The van der Waals surface area contributed by atoms with Crippen LogP contribution in [0.2, 0.25) is 0 Å². The Balaban J connectivity index is 5.19. The van der Waals surface area contributed by atoms with Gasteiger partial charge < -0.3 is 33.8 Å². The van der Waals surface area contributed by atoms with Gasteiger partial charge in [-0.3, -0.25) is 37.3 Å². The third-order valence-corrected chi connectivity index (χ3v) is 21.0. The normalized spacial score (nSPS) is 14.2. The monoisotopic (exact) mass is 1450 g/mol. The summed E-state index contributed by atoms with van der Waals surface area (Å²) in [7, 11) is -9.91. The number of esters is 4. The molecule has 0 amide bonds. The lowest BCUT2D eigenvalue weighted by Gasteiger charge is -2.21. The first-order valence-electron chi connectivity index (χ1n) is 41.5. The smallest absolute Gasteiger partial charge is 0.462 e. The fourth-order valence-corrected chi connectivity index (χ4v) is 13.9. The lowest BCUT2D eigenvalue weighted by molar-refractivity contribution is -0.161. The first-order valence-corrected chi connectivity index (χ1v) is 44.5. The number of hydrogen-bond donors (Lipinski definition) is 3. The number of aliphatic hydroxyl groups excluding tert-OH is 1. The highest BCUT2D eigenvalue weighted by Gasteiger charge is 2.30. The molecule has 0 saturated heterocycles. The molecule has 17 nitrogen and oxygen atoms in total. The van der Waals surface area contributed by atoms with Crippen LogP contribution in [0.15, 0.2) is 0 Å². The van der Waals surface area contributed by atoms with Crippen LogP contribution in [-0.4, -0.2) is 96.7 Å². The number of phosphoric ester groups is 2. The van der Waals surface area contributed by atoms with E-state index < -0.39 is 97.5 Å². The second-order valence-corrected chi connectivity index (χ2v) is 32.4. The molecule has 0 radical (unpaired) electrons. The van der Waals surface area contributed by atoms with Gasteiger partial charge in [-0.15, -0.1) is 0 Å². The molecule has 6 atom stereocenters. The van der Waals surface area contributed by atoms with Crippen LogP contribution in [0.3, 0.4) is 0 Å². The second kappa shape index (κ2) is 71.7. The number of unbranched alkanes of at least 4 members (excludes halogenated alkanes) is 48. The van der Waals surface area contributed by atoms with Crippen molar-refractivity contribution in [2.75, 3.05) is 39.6 Å². The number of aliphatic hydroxyl groups is 1. The van der Waals surface area contributed by atoms with Crippen LogP contribution in [0.4, 0.5) is 0 Å². The van der Waals surface area contributed by atoms with Crippen LogP contribution in [0.5, 0.6) is 0 Å². The van der Waals surface area contributed by atoms with E-state index in [2.05, 4.69) is 41.5 Å². The predicted molar refractivity (Wildman–Crippen MR) is 405 cm³/mol. The molecule has 0 saturated carbocycles. The molecular weight excluding hydrogens is 1290 g/mol. The van der Waals surface area contributed by atoms with Crippen LogP contribution in [0, 0.1) is 11.8 Å². The van der Waals surface area contributed by atoms with Gasteiger partial charge in [0.1, 0.15) is 19.3 Å². The van der Waals surface area contributed by atoms with Gasteiger partial charge in [-0.05, 0) is 37.5 Å². The van der Waals surface area contributed by atoms with E-state index in [-0.39, 0.29) is 25.7 Å². The quantitative estimate of drug-likeness (QED) is 0.0222. The van der Waals surface area contributed by atoms with Crippen LogP contribution >= 0.6 is 15.6 Å². The van der Waals surface area contributed by atoms with E-state index in [0.717, 1.165) is 102 Å². The van der Waals surface area contributed by atoms with Gasteiger partial charge >= 0.3 is 39.5 Å². The lowest BCUT2D eigenvalue weighted by atomic mass is 10.00. The molecule has 0 bridgehead atoms. The fourth-order valence-electron chi connectivity index (χ4n) is 12.3. The van der Waals surface area contributed by atoms with Crippen molar-refractivity contribution in [1.29, 1.82) is 0 Å². The van der Waals surface area contributed by atoms with Crippen molar-refractivity contribution >= 4 is 39.5 Å². The average Bonchev–Trinajstić information content (AvgIpc) is 1.18. The number of carbonyl (C=O) groups is 4. The third-order valence-electron chi connectivity index (χ3n) is 19.1. The molecule has 0 rings (SSSR count). The molecule has 3 N–H and O–H groups in total. The molecule has 0 aromatic rings. The molecule has 99 heavy (non-hydrogen) atoms. The van der Waals surface area contributed by atoms with Crippen LogP contribution in [0.1, 0.15) is 420 Å². The molecule has 588 valence electrons. The second-order valence-electron chi connectivity index (χ2n) is 29.5. The summed E-state index contributed by atoms with van der Waals surface area (Å²) in [6.07, 6.45) is 61.2. The Morgan fingerprint density at radius 3 is 0.768 bits per heavy atom. The molecule has 19 heteroatoms. The predicted octanol–water partition coefficient (Wildman–Crippen LogP) is 23.9. The molecule has 0 aliphatic rings. The summed E-state index contributed by atoms with van der Waals surface area (Å²) in [5.74, 6) is -0.588. The van der Waals surface area contributed by atoms with Crippen molar-refractivity contribution in [3.8, 4) is 0 Å². The molecule has 0 aromatic carbocycles. The Hall–Kier alpha value is -1.94. The zero-order valence-corrected chi connectivity index (χ0v) is 66.6. The summed E-state index contributed by atoms with van der Waals surface area (Å²) in [5, 5.41) is 10.6. The van der Waals surface area contributed by atoms with Crippen LogP contribution in [-0.2, 0) is 65.4 Å².